The minimum Gasteiger partial charge on any atom is -0.370 e. The van der Waals surface area contributed by atoms with E-state index >= 15 is 0 Å². The molecule has 2 rings (SSSR count). The summed E-state index contributed by atoms with van der Waals surface area (Å²) in [4.78, 5) is 3.96. The van der Waals surface area contributed by atoms with Gasteiger partial charge in [0.25, 0.3) is 0 Å². The zero-order chi connectivity index (χ0) is 18.8. The van der Waals surface area contributed by atoms with Crippen LogP contribution >= 0.6 is 23.2 Å². The monoisotopic (exact) mass is 393 g/mol. The lowest BCUT2D eigenvalue weighted by atomic mass is 10.1. The van der Waals surface area contributed by atoms with Crippen LogP contribution in [0, 0.1) is 0 Å². The second kappa shape index (κ2) is 7.53. The zero-order valence-corrected chi connectivity index (χ0v) is 14.9. The first-order valence-electron chi connectivity index (χ1n) is 7.19. The predicted octanol–water partition coefficient (Wildman–Crippen LogP) is 3.91. The molecule has 0 saturated carbocycles. The van der Waals surface area contributed by atoms with E-state index in [0.717, 1.165) is 10.2 Å². The molecule has 0 aliphatic rings. The Morgan fingerprint density at radius 2 is 2.08 bits per heavy atom. The van der Waals surface area contributed by atoms with Gasteiger partial charge >= 0.3 is 6.18 Å². The Labute approximate surface area is 152 Å². The van der Waals surface area contributed by atoms with Crippen molar-refractivity contribution in [1.29, 1.82) is 0 Å². The number of aromatic nitrogens is 2. The Kier molecular flexibility index (Phi) is 5.84. The van der Waals surface area contributed by atoms with Crippen molar-refractivity contribution >= 4 is 29.2 Å². The first-order valence-corrected chi connectivity index (χ1v) is 7.94. The quantitative estimate of drug-likeness (QED) is 0.611. The summed E-state index contributed by atoms with van der Waals surface area (Å²) in [5, 5.41) is 7.25. The van der Waals surface area contributed by atoms with E-state index in [1.807, 2.05) is 0 Å². The molecule has 2 aromatic rings. The third-order valence-corrected chi connectivity index (χ3v) is 3.95. The molecule has 3 N–H and O–H groups in total. The number of benzene rings is 1. The van der Waals surface area contributed by atoms with E-state index < -0.39 is 11.9 Å². The highest BCUT2D eigenvalue weighted by Gasteiger charge is 2.36. The smallest absolute Gasteiger partial charge is 0.370 e. The van der Waals surface area contributed by atoms with Crippen molar-refractivity contribution < 1.29 is 13.2 Å². The maximum atomic E-state index is 12.9. The van der Waals surface area contributed by atoms with Crippen LogP contribution in [0.5, 0.6) is 0 Å². The molecule has 1 heterocycles. The number of halogens is 5. The lowest BCUT2D eigenvalue weighted by molar-refractivity contribution is -0.142. The third kappa shape index (κ3) is 5.02. The van der Waals surface area contributed by atoms with E-state index in [-0.39, 0.29) is 24.1 Å². The Morgan fingerprint density at radius 3 is 2.68 bits per heavy atom. The van der Waals surface area contributed by atoms with E-state index in [0.29, 0.717) is 10.0 Å². The fourth-order valence-electron chi connectivity index (χ4n) is 2.26. The van der Waals surface area contributed by atoms with E-state index in [1.165, 1.54) is 13.2 Å². The van der Waals surface area contributed by atoms with Crippen LogP contribution in [-0.4, -0.2) is 15.7 Å². The third-order valence-electron chi connectivity index (χ3n) is 3.39. The van der Waals surface area contributed by atoms with Gasteiger partial charge in [0.05, 0.1) is 12.6 Å². The molecule has 5 nitrogen and oxygen atoms in total. The van der Waals surface area contributed by atoms with Crippen molar-refractivity contribution in [2.45, 2.75) is 25.7 Å². The van der Waals surface area contributed by atoms with Crippen LogP contribution in [0.1, 0.15) is 29.8 Å². The minimum absolute atomic E-state index is 0.00417. The van der Waals surface area contributed by atoms with Gasteiger partial charge in [0.1, 0.15) is 0 Å². The standard InChI is InChI=1S/C15H16Cl2F3N5/c1-8(11-4-3-10(16)5-12(11)17)23-14(21)22-6-9-7-25(2)24-13(9)15(18,19)20/h3-5,7-8H,6H2,1-2H3,(H3,21,22,23). The fourth-order valence-corrected chi connectivity index (χ4v) is 2.83. The van der Waals surface area contributed by atoms with Gasteiger partial charge in [-0.1, -0.05) is 29.3 Å². The van der Waals surface area contributed by atoms with Gasteiger partial charge in [-0.2, -0.15) is 18.3 Å². The minimum atomic E-state index is -4.54. The molecule has 25 heavy (non-hydrogen) atoms. The first-order chi connectivity index (χ1) is 11.6. The molecule has 0 aliphatic carbocycles. The van der Waals surface area contributed by atoms with E-state index in [2.05, 4.69) is 15.4 Å². The summed E-state index contributed by atoms with van der Waals surface area (Å²) in [6, 6.07) is 4.71. The van der Waals surface area contributed by atoms with Gasteiger partial charge in [0.2, 0.25) is 0 Å². The van der Waals surface area contributed by atoms with Crippen molar-refractivity contribution in [2.75, 3.05) is 0 Å². The largest absolute Gasteiger partial charge is 0.435 e. The molecule has 0 radical (unpaired) electrons. The van der Waals surface area contributed by atoms with Crippen LogP contribution in [-0.2, 0) is 19.8 Å². The summed E-state index contributed by atoms with van der Waals surface area (Å²) in [7, 11) is 1.41. The number of rotatable bonds is 4. The Bertz CT molecular complexity index is 786. The van der Waals surface area contributed by atoms with Crippen LogP contribution in [0.3, 0.4) is 0 Å². The molecule has 1 aromatic heterocycles. The van der Waals surface area contributed by atoms with Gasteiger partial charge in [-0.3, -0.25) is 4.68 Å². The maximum Gasteiger partial charge on any atom is 0.435 e. The number of guanidine groups is 1. The average molecular weight is 394 g/mol. The predicted molar refractivity (Wildman–Crippen MR) is 91.5 cm³/mol. The number of nitrogens with zero attached hydrogens (tertiary/aromatic N) is 3. The van der Waals surface area contributed by atoms with Gasteiger partial charge < -0.3 is 11.1 Å². The van der Waals surface area contributed by atoms with Crippen molar-refractivity contribution in [1.82, 2.24) is 15.1 Å². The highest BCUT2D eigenvalue weighted by molar-refractivity contribution is 6.35. The summed E-state index contributed by atoms with van der Waals surface area (Å²) >= 11 is 12.0. The topological polar surface area (TPSA) is 68.2 Å². The summed E-state index contributed by atoms with van der Waals surface area (Å²) < 4.78 is 39.8. The molecule has 0 bridgehead atoms. The van der Waals surface area contributed by atoms with Gasteiger partial charge in [-0.15, -0.1) is 0 Å². The Morgan fingerprint density at radius 1 is 1.40 bits per heavy atom. The number of hydrogen-bond donors (Lipinski definition) is 2. The molecular weight excluding hydrogens is 378 g/mol. The van der Waals surface area contributed by atoms with Crippen LogP contribution in [0.4, 0.5) is 13.2 Å². The SMILES string of the molecule is CC(NC(N)=NCc1cn(C)nc1C(F)(F)F)c1ccc(Cl)cc1Cl. The molecular formula is C15H16Cl2F3N5. The molecule has 10 heteroatoms. The Hall–Kier alpha value is -1.93. The highest BCUT2D eigenvalue weighted by atomic mass is 35.5. The second-order valence-electron chi connectivity index (χ2n) is 5.41. The van der Waals surface area contributed by atoms with Crippen LogP contribution < -0.4 is 11.1 Å². The normalized spacial score (nSPS) is 13.8. The highest BCUT2D eigenvalue weighted by Crippen LogP contribution is 2.31. The summed E-state index contributed by atoms with van der Waals surface area (Å²) in [5.74, 6) is -0.00417. The summed E-state index contributed by atoms with van der Waals surface area (Å²) in [6.45, 7) is 1.55. The molecule has 0 fully saturated rings. The Balaban J connectivity index is 2.10. The molecule has 1 atom stereocenters. The number of alkyl halides is 3. The van der Waals surface area contributed by atoms with Gasteiger partial charge in [0.15, 0.2) is 11.7 Å². The first kappa shape index (κ1) is 19.4. The number of nitrogens with one attached hydrogen (secondary N) is 1. The van der Waals surface area contributed by atoms with Crippen LogP contribution in [0.2, 0.25) is 10.0 Å². The molecule has 0 saturated heterocycles. The number of aryl methyl sites for hydroxylation is 1. The van der Waals surface area contributed by atoms with Crippen molar-refractivity contribution in [3.8, 4) is 0 Å². The van der Waals surface area contributed by atoms with E-state index in [9.17, 15) is 13.2 Å². The number of aliphatic imine (C=N–C) groups is 1. The number of hydrogen-bond acceptors (Lipinski definition) is 2. The molecule has 0 amide bonds. The van der Waals surface area contributed by atoms with E-state index in [1.54, 1.807) is 25.1 Å². The fraction of sp³-hybridized carbons (Fsp3) is 0.333. The van der Waals surface area contributed by atoms with E-state index in [4.69, 9.17) is 28.9 Å². The summed E-state index contributed by atoms with van der Waals surface area (Å²) in [6.07, 6.45) is -3.28. The van der Waals surface area contributed by atoms with Gasteiger partial charge in [-0.25, -0.2) is 4.99 Å². The second-order valence-corrected chi connectivity index (χ2v) is 6.25. The average Bonchev–Trinajstić information content (AvgIpc) is 2.86. The summed E-state index contributed by atoms with van der Waals surface area (Å²) in [5.41, 5.74) is 5.47. The molecule has 1 unspecified atom stereocenters. The van der Waals surface area contributed by atoms with Crippen LogP contribution in [0.25, 0.3) is 0 Å². The maximum absolute atomic E-state index is 12.9. The van der Waals surface area contributed by atoms with Crippen LogP contribution in [0.15, 0.2) is 29.4 Å². The number of nitrogens with two attached hydrogens (primary N) is 1. The van der Waals surface area contributed by atoms with Crippen molar-refractivity contribution in [3.05, 3.63) is 51.3 Å². The van der Waals surface area contributed by atoms with Gasteiger partial charge in [-0.05, 0) is 24.6 Å². The lowest BCUT2D eigenvalue weighted by Crippen LogP contribution is -2.34. The van der Waals surface area contributed by atoms with Crippen molar-refractivity contribution in [3.63, 3.8) is 0 Å². The lowest BCUT2D eigenvalue weighted by Gasteiger charge is -2.16. The van der Waals surface area contributed by atoms with Gasteiger partial charge in [0, 0.05) is 28.9 Å². The molecule has 1 aromatic carbocycles. The zero-order valence-electron chi connectivity index (χ0n) is 13.4. The molecule has 0 spiro atoms. The molecule has 0 aliphatic heterocycles. The molecule has 136 valence electrons. The van der Waals surface area contributed by atoms with Crippen molar-refractivity contribution in [2.24, 2.45) is 17.8 Å².